The molecule has 5 aliphatic rings. The summed E-state index contributed by atoms with van der Waals surface area (Å²) in [6.45, 7) is 11.3. The van der Waals surface area contributed by atoms with Crippen LogP contribution in [0.15, 0.2) is 12.2 Å². The van der Waals surface area contributed by atoms with Crippen LogP contribution < -0.4 is 0 Å². The summed E-state index contributed by atoms with van der Waals surface area (Å²) in [4.78, 5) is 0. The number of hydrogen-bond acceptors (Lipinski definition) is 3. The zero-order valence-electron chi connectivity index (χ0n) is 14.8. The summed E-state index contributed by atoms with van der Waals surface area (Å²) in [5, 5.41) is 0. The van der Waals surface area contributed by atoms with Gasteiger partial charge in [-0.2, -0.15) is 0 Å². The first kappa shape index (κ1) is 14.9. The fourth-order valence-corrected chi connectivity index (χ4v) is 5.46. The van der Waals surface area contributed by atoms with Gasteiger partial charge in [-0.15, -0.1) is 0 Å². The minimum Gasteiger partial charge on any atom is -0.366 e. The SMILES string of the molecule is C=C(CC1OC1(C)C1CCC2(C)OC2C1)C1CCC2(C)OC2C1. The number of epoxide rings is 3. The Morgan fingerprint density at radius 3 is 2.26 bits per heavy atom. The molecule has 0 aromatic heterocycles. The van der Waals surface area contributed by atoms with Gasteiger partial charge in [0.15, 0.2) is 0 Å². The van der Waals surface area contributed by atoms with Crippen LogP contribution in [0.4, 0.5) is 0 Å². The summed E-state index contributed by atoms with van der Waals surface area (Å²) < 4.78 is 17.9. The quantitative estimate of drug-likeness (QED) is 0.581. The van der Waals surface area contributed by atoms with Gasteiger partial charge in [-0.1, -0.05) is 12.2 Å². The summed E-state index contributed by atoms with van der Waals surface area (Å²) in [5.74, 6) is 1.31. The van der Waals surface area contributed by atoms with Crippen LogP contribution in [0.3, 0.4) is 0 Å². The van der Waals surface area contributed by atoms with Crippen LogP contribution in [0.2, 0.25) is 0 Å². The highest BCUT2D eigenvalue weighted by Gasteiger charge is 2.64. The third-order valence-electron chi connectivity index (χ3n) is 7.86. The van der Waals surface area contributed by atoms with E-state index in [0.717, 1.165) is 6.42 Å². The van der Waals surface area contributed by atoms with Gasteiger partial charge >= 0.3 is 0 Å². The number of ether oxygens (including phenoxy) is 3. The Bertz CT molecular complexity index is 559. The van der Waals surface area contributed by atoms with Gasteiger partial charge in [-0.25, -0.2) is 0 Å². The molecule has 3 heterocycles. The molecule has 3 nitrogen and oxygen atoms in total. The third kappa shape index (κ3) is 2.26. The minimum absolute atomic E-state index is 0.0789. The van der Waals surface area contributed by atoms with Gasteiger partial charge < -0.3 is 14.2 Å². The fraction of sp³-hybridized carbons (Fsp3) is 0.900. The van der Waals surface area contributed by atoms with Crippen molar-refractivity contribution in [3.8, 4) is 0 Å². The molecule has 0 radical (unpaired) electrons. The van der Waals surface area contributed by atoms with Gasteiger partial charge in [-0.3, -0.25) is 0 Å². The second-order valence-corrected chi connectivity index (χ2v) is 9.43. The Kier molecular flexibility index (Phi) is 2.87. The van der Waals surface area contributed by atoms with E-state index < -0.39 is 0 Å². The lowest BCUT2D eigenvalue weighted by Gasteiger charge is -2.27. The molecule has 8 unspecified atom stereocenters. The van der Waals surface area contributed by atoms with Crippen LogP contribution in [-0.2, 0) is 14.2 Å². The lowest BCUT2D eigenvalue weighted by molar-refractivity contribution is 0.190. The molecule has 0 aromatic carbocycles. The Labute approximate surface area is 139 Å². The molecule has 2 aliphatic carbocycles. The molecule has 3 aliphatic heterocycles. The standard InChI is InChI=1S/C20H30O3/c1-12(13-5-7-18(2)15(10-13)21-18)9-17-20(4,23-17)14-6-8-19(3)16(11-14)22-19/h13-17H,1,5-11H2,2-4H3. The van der Waals surface area contributed by atoms with E-state index in [2.05, 4.69) is 27.4 Å². The number of hydrogen-bond donors (Lipinski definition) is 0. The summed E-state index contributed by atoms with van der Waals surface area (Å²) in [6.07, 6.45) is 9.68. The van der Waals surface area contributed by atoms with Crippen LogP contribution in [-0.4, -0.2) is 35.1 Å². The molecule has 0 aromatic rings. The normalized spacial score (nSPS) is 59.7. The van der Waals surface area contributed by atoms with E-state index in [1.165, 1.54) is 44.1 Å². The molecule has 2 saturated carbocycles. The third-order valence-corrected chi connectivity index (χ3v) is 7.86. The van der Waals surface area contributed by atoms with E-state index in [1.807, 2.05) is 0 Å². The lowest BCUT2D eigenvalue weighted by Crippen LogP contribution is -2.32. The molecule has 3 heteroatoms. The molecule has 0 bridgehead atoms. The lowest BCUT2D eigenvalue weighted by atomic mass is 9.73. The Balaban J connectivity index is 1.16. The van der Waals surface area contributed by atoms with Crippen LogP contribution in [0.1, 0.15) is 65.7 Å². The van der Waals surface area contributed by atoms with Gasteiger partial charge in [-0.05, 0) is 77.6 Å². The summed E-state index contributed by atoms with van der Waals surface area (Å²) in [5.41, 5.74) is 1.90. The molecular weight excluding hydrogens is 288 g/mol. The van der Waals surface area contributed by atoms with E-state index in [4.69, 9.17) is 14.2 Å². The van der Waals surface area contributed by atoms with Gasteiger partial charge in [0.25, 0.3) is 0 Å². The van der Waals surface area contributed by atoms with Gasteiger partial charge in [0, 0.05) is 0 Å². The Morgan fingerprint density at radius 2 is 1.61 bits per heavy atom. The number of fused-ring (bicyclic) bond motifs is 2. The highest BCUT2D eigenvalue weighted by molar-refractivity contribution is 5.18. The van der Waals surface area contributed by atoms with E-state index in [9.17, 15) is 0 Å². The average molecular weight is 318 g/mol. The average Bonchev–Trinajstić information content (AvgIpc) is 3.40. The highest BCUT2D eigenvalue weighted by Crippen LogP contribution is 2.58. The van der Waals surface area contributed by atoms with Crippen molar-refractivity contribution in [2.24, 2.45) is 11.8 Å². The van der Waals surface area contributed by atoms with Crippen LogP contribution in [0.25, 0.3) is 0 Å². The predicted octanol–water partition coefficient (Wildman–Crippen LogP) is 4.01. The van der Waals surface area contributed by atoms with Crippen LogP contribution >= 0.6 is 0 Å². The fourth-order valence-electron chi connectivity index (χ4n) is 5.46. The van der Waals surface area contributed by atoms with Crippen LogP contribution in [0.5, 0.6) is 0 Å². The maximum absolute atomic E-state index is 6.21. The second-order valence-electron chi connectivity index (χ2n) is 9.43. The van der Waals surface area contributed by atoms with E-state index in [-0.39, 0.29) is 16.8 Å². The van der Waals surface area contributed by atoms with Crippen molar-refractivity contribution >= 4 is 0 Å². The van der Waals surface area contributed by atoms with Crippen molar-refractivity contribution in [3.63, 3.8) is 0 Å². The first-order valence-electron chi connectivity index (χ1n) is 9.53. The second kappa shape index (κ2) is 4.42. The molecule has 0 amide bonds. The molecule has 23 heavy (non-hydrogen) atoms. The molecule has 3 saturated heterocycles. The van der Waals surface area contributed by atoms with Crippen molar-refractivity contribution in [2.45, 2.75) is 101 Å². The van der Waals surface area contributed by atoms with Gasteiger partial charge in [0.1, 0.15) is 0 Å². The van der Waals surface area contributed by atoms with Crippen LogP contribution in [0, 0.1) is 11.8 Å². The topological polar surface area (TPSA) is 37.6 Å². The van der Waals surface area contributed by atoms with Crippen molar-refractivity contribution in [2.75, 3.05) is 0 Å². The van der Waals surface area contributed by atoms with E-state index in [1.54, 1.807) is 0 Å². The molecule has 5 fully saturated rings. The molecule has 8 atom stereocenters. The zero-order valence-corrected chi connectivity index (χ0v) is 14.8. The predicted molar refractivity (Wildman–Crippen MR) is 88.3 cm³/mol. The number of rotatable bonds is 4. The largest absolute Gasteiger partial charge is 0.366 e. The van der Waals surface area contributed by atoms with E-state index in [0.29, 0.717) is 30.1 Å². The molecule has 128 valence electrons. The Hall–Kier alpha value is -0.380. The maximum atomic E-state index is 6.21. The highest BCUT2D eigenvalue weighted by atomic mass is 16.6. The van der Waals surface area contributed by atoms with Crippen molar-refractivity contribution < 1.29 is 14.2 Å². The van der Waals surface area contributed by atoms with Crippen molar-refractivity contribution in [1.29, 1.82) is 0 Å². The maximum Gasteiger partial charge on any atom is 0.0952 e. The van der Waals surface area contributed by atoms with E-state index >= 15 is 0 Å². The van der Waals surface area contributed by atoms with Crippen molar-refractivity contribution in [3.05, 3.63) is 12.2 Å². The first-order chi connectivity index (χ1) is 10.8. The van der Waals surface area contributed by atoms with Crippen molar-refractivity contribution in [1.82, 2.24) is 0 Å². The molecule has 0 N–H and O–H groups in total. The first-order valence-corrected chi connectivity index (χ1v) is 9.53. The summed E-state index contributed by atoms with van der Waals surface area (Å²) in [6, 6.07) is 0. The summed E-state index contributed by atoms with van der Waals surface area (Å²) >= 11 is 0. The molecular formula is C20H30O3. The monoisotopic (exact) mass is 318 g/mol. The Morgan fingerprint density at radius 1 is 0.957 bits per heavy atom. The minimum atomic E-state index is 0.0789. The smallest absolute Gasteiger partial charge is 0.0952 e. The summed E-state index contributed by atoms with van der Waals surface area (Å²) in [7, 11) is 0. The van der Waals surface area contributed by atoms with Gasteiger partial charge in [0.05, 0.1) is 35.1 Å². The molecule has 5 rings (SSSR count). The molecule has 0 spiro atoms. The zero-order chi connectivity index (χ0) is 16.0. The van der Waals surface area contributed by atoms with Gasteiger partial charge in [0.2, 0.25) is 0 Å².